The van der Waals surface area contributed by atoms with Crippen molar-refractivity contribution in [3.05, 3.63) is 0 Å². The largest absolute Gasteiger partial charge is 0.396 e. The van der Waals surface area contributed by atoms with Crippen LogP contribution in [0.15, 0.2) is 0 Å². The van der Waals surface area contributed by atoms with Crippen molar-refractivity contribution in [1.82, 2.24) is 0 Å². The van der Waals surface area contributed by atoms with Gasteiger partial charge in [-0.1, -0.05) is 61.9 Å². The summed E-state index contributed by atoms with van der Waals surface area (Å²) in [6, 6.07) is 11.0. The van der Waals surface area contributed by atoms with Crippen LogP contribution in [0.25, 0.3) is 0 Å². The molecule has 0 fully saturated rings. The zero-order valence-corrected chi connectivity index (χ0v) is 18.0. The summed E-state index contributed by atoms with van der Waals surface area (Å²) in [7, 11) is 0.340. The maximum Gasteiger partial charge on any atom is 0.0428 e. The molecule has 0 aliphatic carbocycles. The lowest BCUT2D eigenvalue weighted by Crippen LogP contribution is -2.16. The van der Waals surface area contributed by atoms with E-state index in [0.29, 0.717) is 6.61 Å². The van der Waals surface area contributed by atoms with E-state index in [0.717, 1.165) is 6.42 Å². The molecule has 0 aromatic rings. The molecule has 0 rings (SSSR count). The van der Waals surface area contributed by atoms with Gasteiger partial charge in [0.1, 0.15) is 0 Å². The Morgan fingerprint density at radius 3 is 1.59 bits per heavy atom. The van der Waals surface area contributed by atoms with Gasteiger partial charge in [-0.25, -0.2) is 0 Å². The molecule has 1 nitrogen and oxygen atoms in total. The zero-order valence-electron chi connectivity index (χ0n) is 12.5. The van der Waals surface area contributed by atoms with E-state index in [-0.39, 0.29) is 17.6 Å². The SMILES string of the molecule is C[SiH](CC[SiH3])CC[SiH](C)CC[SiH](C)CCCO. The van der Waals surface area contributed by atoms with Crippen LogP contribution in [0, 0.1) is 0 Å². The Morgan fingerprint density at radius 2 is 1.18 bits per heavy atom. The molecule has 0 heterocycles. The van der Waals surface area contributed by atoms with Gasteiger partial charge in [0.25, 0.3) is 0 Å². The molecule has 0 amide bonds. The third-order valence-electron chi connectivity index (χ3n) is 3.94. The maximum atomic E-state index is 8.83. The molecular formula is C12H34OSi4. The second kappa shape index (κ2) is 11.9. The van der Waals surface area contributed by atoms with E-state index in [1.54, 1.807) is 36.3 Å². The Labute approximate surface area is 117 Å². The lowest BCUT2D eigenvalue weighted by molar-refractivity contribution is 0.294. The first-order chi connectivity index (χ1) is 8.10. The van der Waals surface area contributed by atoms with Gasteiger partial charge in [-0.15, -0.1) is 0 Å². The monoisotopic (exact) mass is 306 g/mol. The highest BCUT2D eigenvalue weighted by Crippen LogP contribution is 2.15. The normalized spacial score (nSPS) is 16.9. The summed E-state index contributed by atoms with van der Waals surface area (Å²) in [6.45, 7) is 8.08. The van der Waals surface area contributed by atoms with Crippen molar-refractivity contribution < 1.29 is 5.11 Å². The van der Waals surface area contributed by atoms with Crippen molar-refractivity contribution in [3.8, 4) is 0 Å². The van der Waals surface area contributed by atoms with Crippen LogP contribution in [0.1, 0.15) is 6.42 Å². The van der Waals surface area contributed by atoms with Crippen molar-refractivity contribution in [1.29, 1.82) is 0 Å². The predicted molar refractivity (Wildman–Crippen MR) is 94.3 cm³/mol. The van der Waals surface area contributed by atoms with Crippen molar-refractivity contribution in [2.45, 2.75) is 68.4 Å². The van der Waals surface area contributed by atoms with E-state index in [9.17, 15) is 0 Å². The van der Waals surface area contributed by atoms with Crippen LogP contribution in [-0.4, -0.2) is 48.3 Å². The van der Waals surface area contributed by atoms with E-state index >= 15 is 0 Å². The molecule has 0 saturated heterocycles. The summed E-state index contributed by atoms with van der Waals surface area (Å²) in [5.74, 6) is 0. The van der Waals surface area contributed by atoms with Crippen molar-refractivity contribution in [2.24, 2.45) is 0 Å². The lowest BCUT2D eigenvalue weighted by Gasteiger charge is -2.15. The van der Waals surface area contributed by atoms with E-state index in [1.165, 1.54) is 16.3 Å². The van der Waals surface area contributed by atoms with Gasteiger partial charge in [0.15, 0.2) is 0 Å². The molecule has 5 heteroatoms. The predicted octanol–water partition coefficient (Wildman–Crippen LogP) is 1.72. The molecular weight excluding hydrogens is 272 g/mol. The second-order valence-electron chi connectivity index (χ2n) is 6.12. The first kappa shape index (κ1) is 17.8. The van der Waals surface area contributed by atoms with Gasteiger partial charge in [-0.3, -0.25) is 0 Å². The molecule has 0 aliphatic heterocycles. The number of aliphatic hydroxyl groups is 1. The van der Waals surface area contributed by atoms with E-state index in [4.69, 9.17) is 5.11 Å². The number of rotatable bonds is 11. The average Bonchev–Trinajstić information content (AvgIpc) is 2.31. The van der Waals surface area contributed by atoms with Crippen LogP contribution in [0.4, 0.5) is 0 Å². The standard InChI is InChI=1S/C12H34OSi4/c1-15(7-4-5-13)9-11-17(3)12-10-16(2)8-6-14/h13,15-17H,4-12H2,1-3,14H3. The molecule has 3 unspecified atom stereocenters. The first-order valence-corrected chi connectivity index (χ1v) is 17.5. The summed E-state index contributed by atoms with van der Waals surface area (Å²) in [6.07, 6.45) is 1.06. The van der Waals surface area contributed by atoms with Gasteiger partial charge in [0.2, 0.25) is 0 Å². The van der Waals surface area contributed by atoms with Crippen molar-refractivity contribution in [3.63, 3.8) is 0 Å². The molecule has 3 atom stereocenters. The Kier molecular flexibility index (Phi) is 12.5. The smallest absolute Gasteiger partial charge is 0.0428 e. The highest BCUT2D eigenvalue weighted by Gasteiger charge is 2.11. The van der Waals surface area contributed by atoms with Crippen LogP contribution >= 0.6 is 0 Å². The molecule has 104 valence electrons. The number of hydrogen-bond donors (Lipinski definition) is 1. The minimum atomic E-state index is -0.447. The van der Waals surface area contributed by atoms with Crippen LogP contribution in [0.2, 0.25) is 61.9 Å². The van der Waals surface area contributed by atoms with Gasteiger partial charge in [-0.2, -0.15) is 0 Å². The highest BCUT2D eigenvalue weighted by atomic mass is 28.3. The summed E-state index contributed by atoms with van der Waals surface area (Å²) in [4.78, 5) is 0. The van der Waals surface area contributed by atoms with Crippen molar-refractivity contribution in [2.75, 3.05) is 6.61 Å². The molecule has 0 aliphatic rings. The molecule has 0 aromatic carbocycles. The van der Waals surface area contributed by atoms with Crippen LogP contribution in [-0.2, 0) is 0 Å². The second-order valence-corrected chi connectivity index (χ2v) is 17.2. The highest BCUT2D eigenvalue weighted by molar-refractivity contribution is 6.65. The maximum absolute atomic E-state index is 8.83. The quantitative estimate of drug-likeness (QED) is 0.576. The number of aliphatic hydroxyl groups excluding tert-OH is 1. The van der Waals surface area contributed by atoms with Gasteiger partial charge in [0.05, 0.1) is 0 Å². The molecule has 0 radical (unpaired) electrons. The molecule has 1 N–H and O–H groups in total. The Bertz CT molecular complexity index is 169. The Balaban J connectivity index is 3.48. The topological polar surface area (TPSA) is 20.2 Å². The third kappa shape index (κ3) is 11.6. The van der Waals surface area contributed by atoms with E-state index in [2.05, 4.69) is 19.6 Å². The zero-order chi connectivity index (χ0) is 13.1. The third-order valence-corrected chi connectivity index (χ3v) is 15.2. The molecule has 0 spiro atoms. The van der Waals surface area contributed by atoms with Crippen LogP contribution in [0.5, 0.6) is 0 Å². The Hall–Kier alpha value is 0.828. The first-order valence-electron chi connectivity index (χ1n) is 7.70. The van der Waals surface area contributed by atoms with E-state index in [1.807, 2.05) is 0 Å². The number of hydrogen-bond acceptors (Lipinski definition) is 1. The lowest BCUT2D eigenvalue weighted by atomic mass is 10.5. The minimum Gasteiger partial charge on any atom is -0.396 e. The fraction of sp³-hybridized carbons (Fsp3) is 1.00. The summed E-state index contributed by atoms with van der Waals surface area (Å²) < 4.78 is 0. The van der Waals surface area contributed by atoms with Crippen LogP contribution < -0.4 is 0 Å². The fourth-order valence-corrected chi connectivity index (χ4v) is 17.3. The summed E-state index contributed by atoms with van der Waals surface area (Å²) in [5, 5.41) is 8.83. The summed E-state index contributed by atoms with van der Waals surface area (Å²) >= 11 is 0. The van der Waals surface area contributed by atoms with Crippen LogP contribution in [0.3, 0.4) is 0 Å². The average molecular weight is 307 g/mol. The molecule has 0 aromatic heterocycles. The molecule has 0 saturated carbocycles. The minimum absolute atomic E-state index is 0.279. The molecule has 0 bridgehead atoms. The van der Waals surface area contributed by atoms with E-state index < -0.39 is 8.80 Å². The summed E-state index contributed by atoms with van der Waals surface area (Å²) in [5.41, 5.74) is 0. The van der Waals surface area contributed by atoms with Gasteiger partial charge in [0, 0.05) is 43.2 Å². The van der Waals surface area contributed by atoms with Gasteiger partial charge in [-0.05, 0) is 6.42 Å². The van der Waals surface area contributed by atoms with Gasteiger partial charge < -0.3 is 5.11 Å². The van der Waals surface area contributed by atoms with Crippen molar-refractivity contribution >= 4 is 36.6 Å². The molecule has 17 heavy (non-hydrogen) atoms. The Morgan fingerprint density at radius 1 is 0.765 bits per heavy atom. The van der Waals surface area contributed by atoms with Gasteiger partial charge >= 0.3 is 0 Å². The fourth-order valence-electron chi connectivity index (χ4n) is 2.50.